The Morgan fingerprint density at radius 2 is 1.90 bits per heavy atom. The zero-order chi connectivity index (χ0) is 21.8. The van der Waals surface area contributed by atoms with Gasteiger partial charge in [-0.3, -0.25) is 19.2 Å². The lowest BCUT2D eigenvalue weighted by molar-refractivity contribution is -0.384. The number of nitro benzene ring substituents is 1. The van der Waals surface area contributed by atoms with Gasteiger partial charge >= 0.3 is 0 Å². The highest BCUT2D eigenvalue weighted by atomic mass is 35.5. The first-order valence-corrected chi connectivity index (χ1v) is 10.7. The van der Waals surface area contributed by atoms with Crippen molar-refractivity contribution in [2.75, 3.05) is 23.0 Å². The van der Waals surface area contributed by atoms with Crippen molar-refractivity contribution in [1.29, 1.82) is 0 Å². The Morgan fingerprint density at radius 1 is 1.28 bits per heavy atom. The van der Waals surface area contributed by atoms with Gasteiger partial charge < -0.3 is 10.1 Å². The normalized spacial score (nSPS) is 12.1. The number of hydrogen-bond donors (Lipinski definition) is 1. The van der Waals surface area contributed by atoms with Crippen LogP contribution in [0.5, 0.6) is 5.75 Å². The number of anilines is 2. The molecule has 9 nitrogen and oxygen atoms in total. The van der Waals surface area contributed by atoms with E-state index in [0.29, 0.717) is 5.75 Å². The second-order valence-corrected chi connectivity index (χ2v) is 8.36. The van der Waals surface area contributed by atoms with Crippen LogP contribution < -0.4 is 14.4 Å². The summed E-state index contributed by atoms with van der Waals surface area (Å²) in [6.45, 7) is 1.65. The van der Waals surface area contributed by atoms with Crippen LogP contribution in [-0.4, -0.2) is 38.7 Å². The van der Waals surface area contributed by atoms with Crippen molar-refractivity contribution in [2.24, 2.45) is 0 Å². The van der Waals surface area contributed by atoms with Crippen LogP contribution in [0.1, 0.15) is 13.3 Å². The van der Waals surface area contributed by atoms with E-state index in [-0.39, 0.29) is 28.5 Å². The Hall–Kier alpha value is -2.85. The molecule has 1 atom stereocenters. The number of nitrogens with one attached hydrogen (secondary N) is 1. The summed E-state index contributed by atoms with van der Waals surface area (Å²) in [5, 5.41) is 13.6. The summed E-state index contributed by atoms with van der Waals surface area (Å²) in [5.74, 6) is -0.140. The van der Waals surface area contributed by atoms with E-state index in [1.54, 1.807) is 19.1 Å². The lowest BCUT2D eigenvalue weighted by atomic mass is 10.1. The molecular formula is C18H20ClN3O6S. The van der Waals surface area contributed by atoms with Gasteiger partial charge in [0.25, 0.3) is 5.69 Å². The van der Waals surface area contributed by atoms with Gasteiger partial charge in [0.1, 0.15) is 11.8 Å². The molecule has 0 radical (unpaired) electrons. The number of amides is 1. The molecule has 0 aliphatic heterocycles. The fraction of sp³-hybridized carbons (Fsp3) is 0.278. The Labute approximate surface area is 173 Å². The molecule has 29 heavy (non-hydrogen) atoms. The van der Waals surface area contributed by atoms with Gasteiger partial charge in [-0.1, -0.05) is 18.5 Å². The monoisotopic (exact) mass is 441 g/mol. The third kappa shape index (κ3) is 5.36. The van der Waals surface area contributed by atoms with Gasteiger partial charge in [-0.05, 0) is 36.8 Å². The molecule has 2 aromatic carbocycles. The number of rotatable bonds is 8. The Bertz CT molecular complexity index is 1010. The quantitative estimate of drug-likeness (QED) is 0.495. The Balaban J connectivity index is 2.41. The fourth-order valence-electron chi connectivity index (χ4n) is 2.73. The van der Waals surface area contributed by atoms with Crippen LogP contribution in [0.25, 0.3) is 0 Å². The molecule has 0 fully saturated rings. The maximum Gasteiger partial charge on any atom is 0.271 e. The summed E-state index contributed by atoms with van der Waals surface area (Å²) in [6, 6.07) is 8.71. The highest BCUT2D eigenvalue weighted by Crippen LogP contribution is 2.29. The predicted octanol–water partition coefficient (Wildman–Crippen LogP) is 3.44. The minimum Gasteiger partial charge on any atom is -0.497 e. The van der Waals surface area contributed by atoms with Crippen LogP contribution >= 0.6 is 11.6 Å². The summed E-state index contributed by atoms with van der Waals surface area (Å²) in [4.78, 5) is 23.2. The molecule has 0 saturated heterocycles. The van der Waals surface area contributed by atoms with Gasteiger partial charge in [0.05, 0.1) is 34.7 Å². The largest absolute Gasteiger partial charge is 0.497 e. The number of nitrogens with zero attached hydrogens (tertiary/aromatic N) is 2. The maximum atomic E-state index is 12.9. The van der Waals surface area contributed by atoms with Crippen molar-refractivity contribution in [3.63, 3.8) is 0 Å². The van der Waals surface area contributed by atoms with Crippen molar-refractivity contribution >= 4 is 44.6 Å². The summed E-state index contributed by atoms with van der Waals surface area (Å²) < 4.78 is 31.0. The number of hydrogen-bond acceptors (Lipinski definition) is 6. The number of carbonyl (C=O) groups is 1. The molecule has 0 aliphatic rings. The molecule has 156 valence electrons. The molecule has 0 bridgehead atoms. The van der Waals surface area contributed by atoms with Gasteiger partial charge in [-0.15, -0.1) is 0 Å². The van der Waals surface area contributed by atoms with Crippen molar-refractivity contribution in [3.8, 4) is 5.75 Å². The van der Waals surface area contributed by atoms with E-state index in [9.17, 15) is 23.3 Å². The van der Waals surface area contributed by atoms with Crippen LogP contribution in [-0.2, 0) is 14.8 Å². The number of halogens is 1. The summed E-state index contributed by atoms with van der Waals surface area (Å²) in [6.07, 6.45) is 1.14. The topological polar surface area (TPSA) is 119 Å². The molecule has 0 aliphatic carbocycles. The summed E-state index contributed by atoms with van der Waals surface area (Å²) >= 11 is 6.03. The number of carbonyl (C=O) groups excluding carboxylic acids is 1. The smallest absolute Gasteiger partial charge is 0.271 e. The van der Waals surface area contributed by atoms with E-state index in [1.165, 1.54) is 31.4 Å². The van der Waals surface area contributed by atoms with Crippen molar-refractivity contribution in [2.45, 2.75) is 19.4 Å². The lowest BCUT2D eigenvalue weighted by Gasteiger charge is -2.30. The number of nitro groups is 1. The number of methoxy groups -OCH3 is 1. The first-order chi connectivity index (χ1) is 13.6. The van der Waals surface area contributed by atoms with E-state index < -0.39 is 26.9 Å². The first-order valence-electron chi connectivity index (χ1n) is 8.46. The van der Waals surface area contributed by atoms with Crippen LogP contribution in [0.4, 0.5) is 17.1 Å². The van der Waals surface area contributed by atoms with Crippen molar-refractivity contribution < 1.29 is 22.9 Å². The molecule has 0 saturated carbocycles. The second-order valence-electron chi connectivity index (χ2n) is 6.09. The van der Waals surface area contributed by atoms with Gasteiger partial charge in [-0.2, -0.15) is 0 Å². The SMILES string of the molecule is CC[C@H](C(=O)Nc1cc([N+](=O)[O-])ccc1Cl)N(c1ccc(OC)cc1)S(C)(=O)=O. The average Bonchev–Trinajstić information content (AvgIpc) is 2.66. The average molecular weight is 442 g/mol. The Morgan fingerprint density at radius 3 is 2.38 bits per heavy atom. The van der Waals surface area contributed by atoms with Crippen LogP contribution in [0, 0.1) is 10.1 Å². The van der Waals surface area contributed by atoms with Crippen molar-refractivity contribution in [3.05, 3.63) is 57.6 Å². The number of sulfonamides is 1. The maximum absolute atomic E-state index is 12.9. The van der Waals surface area contributed by atoms with Crippen LogP contribution in [0.15, 0.2) is 42.5 Å². The Kier molecular flexibility index (Phi) is 7.04. The standard InChI is InChI=1S/C18H20ClN3O6S/c1-4-17(18(23)20-16-11-13(22(24)25)7-10-15(16)19)21(29(3,26)27)12-5-8-14(28-2)9-6-12/h5-11,17H,4H2,1-3H3,(H,20,23)/t17-/m1/s1. The predicted molar refractivity (Wildman–Crippen MR) is 111 cm³/mol. The van der Waals surface area contributed by atoms with Gasteiger partial charge in [0.15, 0.2) is 0 Å². The lowest BCUT2D eigenvalue weighted by Crippen LogP contribution is -2.47. The fourth-order valence-corrected chi connectivity index (χ4v) is 4.10. The van der Waals surface area contributed by atoms with E-state index in [4.69, 9.17) is 16.3 Å². The number of ether oxygens (including phenoxy) is 1. The minimum atomic E-state index is -3.83. The van der Waals surface area contributed by atoms with Gasteiger partial charge in [0, 0.05) is 12.1 Å². The highest BCUT2D eigenvalue weighted by Gasteiger charge is 2.32. The molecule has 0 spiro atoms. The molecule has 1 N–H and O–H groups in total. The van der Waals surface area contributed by atoms with Crippen LogP contribution in [0.3, 0.4) is 0 Å². The zero-order valence-electron chi connectivity index (χ0n) is 16.0. The third-order valence-corrected chi connectivity index (χ3v) is 5.58. The minimum absolute atomic E-state index is 0.0208. The van der Waals surface area contributed by atoms with Gasteiger partial charge in [-0.25, -0.2) is 8.42 Å². The van der Waals surface area contributed by atoms with Crippen LogP contribution in [0.2, 0.25) is 5.02 Å². The number of non-ortho nitro benzene ring substituents is 1. The van der Waals surface area contributed by atoms with E-state index >= 15 is 0 Å². The zero-order valence-corrected chi connectivity index (χ0v) is 17.5. The van der Waals surface area contributed by atoms with Gasteiger partial charge in [0.2, 0.25) is 15.9 Å². The third-order valence-electron chi connectivity index (χ3n) is 4.08. The molecule has 2 rings (SSSR count). The highest BCUT2D eigenvalue weighted by molar-refractivity contribution is 7.92. The number of benzene rings is 2. The molecule has 0 aromatic heterocycles. The molecule has 11 heteroatoms. The van der Waals surface area contributed by atoms with E-state index in [2.05, 4.69) is 5.32 Å². The molecule has 0 unspecified atom stereocenters. The van der Waals surface area contributed by atoms with E-state index in [0.717, 1.165) is 16.6 Å². The first kappa shape index (κ1) is 22.4. The molecular weight excluding hydrogens is 422 g/mol. The molecule has 1 amide bonds. The summed E-state index contributed by atoms with van der Waals surface area (Å²) in [7, 11) is -2.35. The van der Waals surface area contributed by atoms with Crippen molar-refractivity contribution in [1.82, 2.24) is 0 Å². The van der Waals surface area contributed by atoms with E-state index in [1.807, 2.05) is 0 Å². The molecule has 0 heterocycles. The second kappa shape index (κ2) is 9.10. The molecule has 2 aromatic rings. The summed E-state index contributed by atoms with van der Waals surface area (Å²) in [5.41, 5.74) is 0.0424.